The summed E-state index contributed by atoms with van der Waals surface area (Å²) >= 11 is 0. The highest BCUT2D eigenvalue weighted by atomic mass is 19.4. The molecule has 0 bridgehead atoms. The third kappa shape index (κ3) is 3.54. The van der Waals surface area contributed by atoms with E-state index >= 15 is 0 Å². The van der Waals surface area contributed by atoms with Crippen LogP contribution in [0.3, 0.4) is 0 Å². The van der Waals surface area contributed by atoms with Crippen LogP contribution in [0, 0.1) is 0 Å². The topological polar surface area (TPSA) is 63.1 Å². The summed E-state index contributed by atoms with van der Waals surface area (Å²) in [6.45, 7) is 4.52. The molecule has 2 amide bonds. The molecule has 0 radical (unpaired) electrons. The van der Waals surface area contributed by atoms with Gasteiger partial charge in [-0.25, -0.2) is 14.8 Å². The zero-order valence-electron chi connectivity index (χ0n) is 14.0. The lowest BCUT2D eigenvalue weighted by molar-refractivity contribution is -0.147. The van der Waals surface area contributed by atoms with Gasteiger partial charge in [0.25, 0.3) is 0 Å². The van der Waals surface area contributed by atoms with Crippen LogP contribution in [0.4, 0.5) is 18.0 Å². The summed E-state index contributed by atoms with van der Waals surface area (Å²) in [6.07, 6.45) is -2.23. The Morgan fingerprint density at radius 3 is 2.60 bits per heavy atom. The fourth-order valence-electron chi connectivity index (χ4n) is 3.14. The molecule has 0 unspecified atom stereocenters. The number of nitrogens with one attached hydrogen (secondary N) is 1. The van der Waals surface area contributed by atoms with E-state index in [0.717, 1.165) is 0 Å². The van der Waals surface area contributed by atoms with E-state index in [-0.39, 0.29) is 29.3 Å². The first kappa shape index (κ1) is 17.5. The van der Waals surface area contributed by atoms with Crippen molar-refractivity contribution in [3.63, 3.8) is 0 Å². The van der Waals surface area contributed by atoms with Gasteiger partial charge in [0.2, 0.25) is 5.82 Å². The molecule has 0 saturated carbocycles. The van der Waals surface area contributed by atoms with Gasteiger partial charge in [-0.05, 0) is 38.8 Å². The van der Waals surface area contributed by atoms with Crippen LogP contribution in [0.15, 0.2) is 18.3 Å². The van der Waals surface area contributed by atoms with Gasteiger partial charge >= 0.3 is 12.2 Å². The Labute approximate surface area is 143 Å². The number of carbonyl (C=O) groups is 1. The van der Waals surface area contributed by atoms with Crippen LogP contribution in [0.5, 0.6) is 0 Å². The molecule has 136 valence electrons. The zero-order chi connectivity index (χ0) is 18.2. The van der Waals surface area contributed by atoms with E-state index in [1.165, 1.54) is 16.8 Å². The lowest BCUT2D eigenvalue weighted by atomic mass is 10.0. The number of halogens is 3. The van der Waals surface area contributed by atoms with Crippen LogP contribution < -0.4 is 5.32 Å². The lowest BCUT2D eigenvalue weighted by Crippen LogP contribution is -2.46. The van der Waals surface area contributed by atoms with Gasteiger partial charge in [0, 0.05) is 31.4 Å². The van der Waals surface area contributed by atoms with E-state index in [9.17, 15) is 18.0 Å². The number of hydrogen-bond acceptors (Lipinski definition) is 3. The van der Waals surface area contributed by atoms with E-state index in [1.807, 2.05) is 13.8 Å². The quantitative estimate of drug-likeness (QED) is 0.900. The number of urea groups is 1. The maximum Gasteiger partial charge on any atom is 0.449 e. The smallest absolute Gasteiger partial charge is 0.336 e. The van der Waals surface area contributed by atoms with Crippen LogP contribution in [0.1, 0.15) is 38.6 Å². The summed E-state index contributed by atoms with van der Waals surface area (Å²) in [7, 11) is 0. The van der Waals surface area contributed by atoms with Crippen molar-refractivity contribution >= 4 is 17.2 Å². The molecule has 9 heteroatoms. The third-order valence-corrected chi connectivity index (χ3v) is 4.23. The Bertz CT molecular complexity index is 763. The van der Waals surface area contributed by atoms with Crippen LogP contribution in [0.2, 0.25) is 0 Å². The maximum atomic E-state index is 13.4. The molecule has 0 atom stereocenters. The minimum absolute atomic E-state index is 0.0175. The number of hydrogen-bond donors (Lipinski definition) is 1. The molecule has 2 aromatic rings. The van der Waals surface area contributed by atoms with Crippen molar-refractivity contribution in [2.75, 3.05) is 13.1 Å². The van der Waals surface area contributed by atoms with Crippen molar-refractivity contribution in [3.05, 3.63) is 24.2 Å². The zero-order valence-corrected chi connectivity index (χ0v) is 14.0. The van der Waals surface area contributed by atoms with Gasteiger partial charge in [-0.2, -0.15) is 13.2 Å². The number of piperidine rings is 1. The monoisotopic (exact) mass is 355 g/mol. The molecular weight excluding hydrogens is 335 g/mol. The number of imidazole rings is 1. The van der Waals surface area contributed by atoms with E-state index in [4.69, 9.17) is 0 Å². The summed E-state index contributed by atoms with van der Waals surface area (Å²) in [5.74, 6) is -0.925. The molecule has 0 spiro atoms. The first-order chi connectivity index (χ1) is 11.8. The molecule has 1 fully saturated rings. The molecule has 1 aliphatic heterocycles. The van der Waals surface area contributed by atoms with Gasteiger partial charge in [-0.3, -0.25) is 0 Å². The Balaban J connectivity index is 1.85. The molecule has 1 aliphatic rings. The predicted molar refractivity (Wildman–Crippen MR) is 86.0 cm³/mol. The van der Waals surface area contributed by atoms with Gasteiger partial charge in [-0.1, -0.05) is 0 Å². The molecule has 25 heavy (non-hydrogen) atoms. The number of pyridine rings is 1. The second kappa shape index (κ2) is 6.53. The van der Waals surface area contributed by atoms with Crippen molar-refractivity contribution in [1.82, 2.24) is 24.8 Å². The van der Waals surface area contributed by atoms with E-state index < -0.39 is 12.0 Å². The molecule has 1 saturated heterocycles. The molecule has 1 N–H and O–H groups in total. The highest BCUT2D eigenvalue weighted by molar-refractivity contribution is 5.74. The predicted octanol–water partition coefficient (Wildman–Crippen LogP) is 3.21. The molecule has 0 aromatic carbocycles. The van der Waals surface area contributed by atoms with Gasteiger partial charge in [0.1, 0.15) is 5.52 Å². The molecular formula is C16H20F3N5O. The summed E-state index contributed by atoms with van der Waals surface area (Å²) in [4.78, 5) is 21.5. The summed E-state index contributed by atoms with van der Waals surface area (Å²) in [6, 6.07) is 2.54. The van der Waals surface area contributed by atoms with Gasteiger partial charge in [-0.15, -0.1) is 0 Å². The number of carbonyl (C=O) groups excluding carboxylic acids is 1. The average Bonchev–Trinajstić information content (AvgIpc) is 2.94. The Morgan fingerprint density at radius 1 is 1.32 bits per heavy atom. The minimum Gasteiger partial charge on any atom is -0.336 e. The second-order valence-corrected chi connectivity index (χ2v) is 6.47. The lowest BCUT2D eigenvalue weighted by Gasteiger charge is -2.33. The normalized spacial score (nSPS) is 16.6. The highest BCUT2D eigenvalue weighted by Gasteiger charge is 2.40. The van der Waals surface area contributed by atoms with Gasteiger partial charge in [0.05, 0.1) is 0 Å². The van der Waals surface area contributed by atoms with Crippen LogP contribution >= 0.6 is 0 Å². The van der Waals surface area contributed by atoms with E-state index in [0.29, 0.717) is 25.9 Å². The van der Waals surface area contributed by atoms with Crippen molar-refractivity contribution in [2.24, 2.45) is 0 Å². The maximum absolute atomic E-state index is 13.4. The summed E-state index contributed by atoms with van der Waals surface area (Å²) < 4.78 is 41.4. The largest absolute Gasteiger partial charge is 0.449 e. The molecule has 3 heterocycles. The Hall–Kier alpha value is -2.32. The van der Waals surface area contributed by atoms with Crippen molar-refractivity contribution < 1.29 is 18.0 Å². The number of likely N-dealkylation sites (tertiary alicyclic amines) is 1. The van der Waals surface area contributed by atoms with E-state index in [2.05, 4.69) is 15.3 Å². The van der Waals surface area contributed by atoms with Crippen LogP contribution in [-0.2, 0) is 6.18 Å². The molecule has 0 aliphatic carbocycles. The number of aromatic nitrogens is 3. The second-order valence-electron chi connectivity index (χ2n) is 6.47. The summed E-state index contributed by atoms with van der Waals surface area (Å²) in [5, 5.41) is 2.80. The fraction of sp³-hybridized carbons (Fsp3) is 0.562. The van der Waals surface area contributed by atoms with E-state index in [1.54, 1.807) is 11.0 Å². The number of alkyl halides is 3. The average molecular weight is 355 g/mol. The minimum atomic E-state index is -4.55. The van der Waals surface area contributed by atoms with Gasteiger partial charge < -0.3 is 14.8 Å². The van der Waals surface area contributed by atoms with Crippen molar-refractivity contribution in [1.29, 1.82) is 0 Å². The number of fused-ring (bicyclic) bond motifs is 1. The number of amides is 2. The Morgan fingerprint density at radius 2 is 2.00 bits per heavy atom. The fourth-order valence-corrected chi connectivity index (χ4v) is 3.14. The van der Waals surface area contributed by atoms with Crippen molar-refractivity contribution in [2.45, 2.75) is 44.9 Å². The SMILES string of the molecule is CC(C)NC(=O)N1CCC(n2c(C(F)(F)F)nc3cccnc32)CC1. The first-order valence-electron chi connectivity index (χ1n) is 8.23. The first-order valence-corrected chi connectivity index (χ1v) is 8.23. The van der Waals surface area contributed by atoms with Gasteiger partial charge in [0.15, 0.2) is 5.65 Å². The molecule has 2 aromatic heterocycles. The summed E-state index contributed by atoms with van der Waals surface area (Å²) in [5.41, 5.74) is 0.467. The Kier molecular flexibility index (Phi) is 4.57. The standard InChI is InChI=1S/C16H20F3N5O/c1-10(2)21-15(25)23-8-5-11(6-9-23)24-13-12(4-3-7-20-13)22-14(24)16(17,18)19/h3-4,7,10-11H,5-6,8-9H2,1-2H3,(H,21,25). The number of nitrogens with zero attached hydrogens (tertiary/aromatic N) is 4. The van der Waals surface area contributed by atoms with Crippen LogP contribution in [0.25, 0.3) is 11.2 Å². The highest BCUT2D eigenvalue weighted by Crippen LogP contribution is 2.36. The third-order valence-electron chi connectivity index (χ3n) is 4.23. The molecule has 3 rings (SSSR count). The van der Waals surface area contributed by atoms with Crippen LogP contribution in [-0.4, -0.2) is 44.6 Å². The van der Waals surface area contributed by atoms with Crippen molar-refractivity contribution in [3.8, 4) is 0 Å². The number of rotatable bonds is 2. The molecule has 6 nitrogen and oxygen atoms in total.